The van der Waals surface area contributed by atoms with Crippen molar-refractivity contribution in [2.75, 3.05) is 0 Å². The summed E-state index contributed by atoms with van der Waals surface area (Å²) in [5.41, 5.74) is 2.77. The van der Waals surface area contributed by atoms with Crippen LogP contribution in [0.25, 0.3) is 0 Å². The number of rotatable bonds is 3. The smallest absolute Gasteiger partial charge is 0.131 e. The van der Waals surface area contributed by atoms with Gasteiger partial charge in [0.2, 0.25) is 0 Å². The van der Waals surface area contributed by atoms with E-state index in [1.807, 2.05) is 0 Å². The Balaban J connectivity index is 2.55. The first kappa shape index (κ1) is 14.8. The van der Waals surface area contributed by atoms with Crippen LogP contribution >= 0.6 is 11.6 Å². The largest absolute Gasteiger partial charge is 0.271 e. The summed E-state index contributed by atoms with van der Waals surface area (Å²) in [6, 6.07) is 5.09. The number of hydrogen-bond acceptors (Lipinski definition) is 2. The van der Waals surface area contributed by atoms with Crippen LogP contribution in [0.5, 0.6) is 0 Å². The van der Waals surface area contributed by atoms with E-state index >= 15 is 0 Å². The first-order valence-electron chi connectivity index (χ1n) is 5.80. The average molecular weight is 301 g/mol. The highest BCUT2D eigenvalue weighted by Gasteiger charge is 2.21. The predicted molar refractivity (Wildman–Crippen MR) is 71.7 cm³/mol. The maximum absolute atomic E-state index is 13.9. The number of hydrogen-bond donors (Lipinski definition) is 2. The van der Waals surface area contributed by atoms with E-state index in [0.717, 1.165) is 12.1 Å². The third kappa shape index (κ3) is 2.80. The number of aryl methyl sites for hydroxylation is 1. The van der Waals surface area contributed by atoms with E-state index in [4.69, 9.17) is 17.4 Å². The molecule has 0 saturated carbocycles. The molecule has 2 nitrogen and oxygen atoms in total. The van der Waals surface area contributed by atoms with Gasteiger partial charge in [-0.25, -0.2) is 18.6 Å². The molecule has 0 aliphatic carbocycles. The van der Waals surface area contributed by atoms with Gasteiger partial charge in [0.25, 0.3) is 0 Å². The molecule has 2 aromatic rings. The Hall–Kier alpha value is -1.56. The summed E-state index contributed by atoms with van der Waals surface area (Å²) in [4.78, 5) is 0. The zero-order chi connectivity index (χ0) is 14.9. The molecule has 1 unspecified atom stereocenters. The standard InChI is InChI=1S/C14H12ClF3N2/c1-7-4-10(13(18)6-11(7)16)14(20-19)9-3-2-8(15)5-12(9)17/h2-6,14,20H,19H2,1H3. The zero-order valence-electron chi connectivity index (χ0n) is 10.6. The van der Waals surface area contributed by atoms with Crippen molar-refractivity contribution >= 4 is 11.6 Å². The molecule has 0 aliphatic heterocycles. The van der Waals surface area contributed by atoms with Crippen molar-refractivity contribution in [2.24, 2.45) is 5.84 Å². The Labute approximate surface area is 119 Å². The molecular weight excluding hydrogens is 289 g/mol. The van der Waals surface area contributed by atoms with Crippen LogP contribution < -0.4 is 11.3 Å². The zero-order valence-corrected chi connectivity index (χ0v) is 11.3. The lowest BCUT2D eigenvalue weighted by Gasteiger charge is -2.19. The summed E-state index contributed by atoms with van der Waals surface area (Å²) in [6.07, 6.45) is 0. The van der Waals surface area contributed by atoms with Crippen LogP contribution in [0, 0.1) is 24.4 Å². The van der Waals surface area contributed by atoms with Gasteiger partial charge in [-0.15, -0.1) is 0 Å². The minimum Gasteiger partial charge on any atom is -0.271 e. The molecule has 0 aromatic heterocycles. The molecule has 0 heterocycles. The molecule has 0 saturated heterocycles. The fourth-order valence-corrected chi connectivity index (χ4v) is 2.14. The van der Waals surface area contributed by atoms with Gasteiger partial charge in [-0.3, -0.25) is 5.84 Å². The highest BCUT2D eigenvalue weighted by atomic mass is 35.5. The molecule has 0 amide bonds. The van der Waals surface area contributed by atoms with E-state index in [2.05, 4.69) is 5.43 Å². The molecule has 3 N–H and O–H groups in total. The number of hydrazine groups is 1. The molecule has 2 aromatic carbocycles. The van der Waals surface area contributed by atoms with Crippen LogP contribution in [0.1, 0.15) is 22.7 Å². The van der Waals surface area contributed by atoms with Gasteiger partial charge in [0.1, 0.15) is 17.5 Å². The van der Waals surface area contributed by atoms with Gasteiger partial charge in [-0.2, -0.15) is 0 Å². The van der Waals surface area contributed by atoms with Crippen molar-refractivity contribution in [3.05, 3.63) is 69.5 Å². The molecule has 1 atom stereocenters. The van der Waals surface area contributed by atoms with E-state index in [9.17, 15) is 13.2 Å². The first-order valence-corrected chi connectivity index (χ1v) is 6.18. The van der Waals surface area contributed by atoms with Crippen LogP contribution in [-0.2, 0) is 0 Å². The number of benzene rings is 2. The summed E-state index contributed by atoms with van der Waals surface area (Å²) in [5, 5.41) is 0.220. The Bertz CT molecular complexity index is 647. The van der Waals surface area contributed by atoms with Crippen molar-refractivity contribution in [3.8, 4) is 0 Å². The molecule has 0 aliphatic rings. The van der Waals surface area contributed by atoms with E-state index < -0.39 is 23.5 Å². The number of halogens is 4. The van der Waals surface area contributed by atoms with Crippen molar-refractivity contribution in [3.63, 3.8) is 0 Å². The van der Waals surface area contributed by atoms with Crippen LogP contribution in [0.15, 0.2) is 30.3 Å². The van der Waals surface area contributed by atoms with Gasteiger partial charge in [-0.1, -0.05) is 17.7 Å². The minimum atomic E-state index is -0.938. The summed E-state index contributed by atoms with van der Waals surface area (Å²) in [6.45, 7) is 1.49. The van der Waals surface area contributed by atoms with Gasteiger partial charge < -0.3 is 0 Å². The lowest BCUT2D eigenvalue weighted by Crippen LogP contribution is -2.30. The molecular formula is C14H12ClF3N2. The second kappa shape index (κ2) is 5.83. The van der Waals surface area contributed by atoms with E-state index in [-0.39, 0.29) is 21.7 Å². The first-order chi connectivity index (χ1) is 9.43. The minimum absolute atomic E-state index is 0.0626. The van der Waals surface area contributed by atoms with Gasteiger partial charge >= 0.3 is 0 Å². The fraction of sp³-hybridized carbons (Fsp3) is 0.143. The van der Waals surface area contributed by atoms with Crippen molar-refractivity contribution < 1.29 is 13.2 Å². The Kier molecular flexibility index (Phi) is 4.32. The van der Waals surface area contributed by atoms with Gasteiger partial charge in [0, 0.05) is 22.2 Å². The third-order valence-corrected chi connectivity index (χ3v) is 3.26. The summed E-state index contributed by atoms with van der Waals surface area (Å²) in [7, 11) is 0. The molecule has 6 heteroatoms. The second-order valence-electron chi connectivity index (χ2n) is 4.39. The van der Waals surface area contributed by atoms with Gasteiger partial charge in [0.05, 0.1) is 6.04 Å². The number of nitrogens with one attached hydrogen (secondary N) is 1. The highest BCUT2D eigenvalue weighted by molar-refractivity contribution is 6.30. The fourth-order valence-electron chi connectivity index (χ4n) is 1.98. The quantitative estimate of drug-likeness (QED) is 0.671. The molecule has 0 spiro atoms. The maximum Gasteiger partial charge on any atom is 0.131 e. The van der Waals surface area contributed by atoms with Crippen LogP contribution in [0.3, 0.4) is 0 Å². The van der Waals surface area contributed by atoms with Crippen molar-refractivity contribution in [2.45, 2.75) is 13.0 Å². The van der Waals surface area contributed by atoms with Crippen molar-refractivity contribution in [1.82, 2.24) is 5.43 Å². The molecule has 0 fully saturated rings. The molecule has 2 rings (SSSR count). The van der Waals surface area contributed by atoms with Gasteiger partial charge in [0.15, 0.2) is 0 Å². The van der Waals surface area contributed by atoms with Crippen LogP contribution in [0.2, 0.25) is 5.02 Å². The predicted octanol–water partition coefficient (Wildman–Crippen LogP) is 3.62. The Morgan fingerprint density at radius 3 is 2.25 bits per heavy atom. The summed E-state index contributed by atoms with van der Waals surface area (Å²) < 4.78 is 41.1. The number of nitrogens with two attached hydrogens (primary N) is 1. The van der Waals surface area contributed by atoms with E-state index in [1.54, 1.807) is 0 Å². The Morgan fingerprint density at radius 2 is 1.65 bits per heavy atom. The topological polar surface area (TPSA) is 38.0 Å². The molecule has 0 bridgehead atoms. The van der Waals surface area contributed by atoms with E-state index in [0.29, 0.717) is 0 Å². The molecule has 20 heavy (non-hydrogen) atoms. The van der Waals surface area contributed by atoms with Crippen LogP contribution in [0.4, 0.5) is 13.2 Å². The van der Waals surface area contributed by atoms with E-state index in [1.165, 1.54) is 25.1 Å². The second-order valence-corrected chi connectivity index (χ2v) is 4.82. The maximum atomic E-state index is 13.9. The lowest BCUT2D eigenvalue weighted by atomic mass is 9.96. The SMILES string of the molecule is Cc1cc(C(NN)c2ccc(Cl)cc2F)c(F)cc1F. The highest BCUT2D eigenvalue weighted by Crippen LogP contribution is 2.28. The molecule has 0 radical (unpaired) electrons. The third-order valence-electron chi connectivity index (χ3n) is 3.03. The van der Waals surface area contributed by atoms with Gasteiger partial charge in [-0.05, 0) is 30.7 Å². The Morgan fingerprint density at radius 1 is 1.00 bits per heavy atom. The van der Waals surface area contributed by atoms with Crippen molar-refractivity contribution in [1.29, 1.82) is 0 Å². The lowest BCUT2D eigenvalue weighted by molar-refractivity contribution is 0.520. The monoisotopic (exact) mass is 300 g/mol. The summed E-state index contributed by atoms with van der Waals surface area (Å²) >= 11 is 5.67. The molecule has 106 valence electrons. The van der Waals surface area contributed by atoms with Crippen LogP contribution in [-0.4, -0.2) is 0 Å². The average Bonchev–Trinajstić information content (AvgIpc) is 2.38. The summed E-state index contributed by atoms with van der Waals surface area (Å²) in [5.74, 6) is 3.30. The normalized spacial score (nSPS) is 12.5.